The van der Waals surface area contributed by atoms with Gasteiger partial charge in [0, 0.05) is 18.7 Å². The van der Waals surface area contributed by atoms with Crippen molar-refractivity contribution in [3.05, 3.63) is 54.7 Å². The summed E-state index contributed by atoms with van der Waals surface area (Å²) in [4.78, 5) is 9.32. The lowest BCUT2D eigenvalue weighted by Gasteiger charge is -2.12. The maximum atomic E-state index is 5.63. The number of nitrogens with one attached hydrogen (secondary N) is 1. The molecule has 0 unspecified atom stereocenters. The van der Waals surface area contributed by atoms with Gasteiger partial charge >= 0.3 is 0 Å². The summed E-state index contributed by atoms with van der Waals surface area (Å²) in [5.41, 5.74) is 10.2. The van der Waals surface area contributed by atoms with Gasteiger partial charge in [0.2, 0.25) is 0 Å². The van der Waals surface area contributed by atoms with Gasteiger partial charge in [-0.1, -0.05) is 24.3 Å². The van der Waals surface area contributed by atoms with Crippen LogP contribution in [-0.4, -0.2) is 34.6 Å². The molecule has 25 heavy (non-hydrogen) atoms. The topological polar surface area (TPSA) is 77.5 Å². The Labute approximate surface area is 145 Å². The second-order valence-electron chi connectivity index (χ2n) is 5.67. The predicted molar refractivity (Wildman–Crippen MR) is 100 cm³/mol. The third kappa shape index (κ3) is 2.56. The van der Waals surface area contributed by atoms with Crippen LogP contribution >= 0.6 is 0 Å². The minimum atomic E-state index is 0.529. The first-order chi connectivity index (χ1) is 12.3. The minimum absolute atomic E-state index is 0.529. The monoisotopic (exact) mass is 333 g/mol. The van der Waals surface area contributed by atoms with Crippen LogP contribution in [0.5, 0.6) is 5.75 Å². The van der Waals surface area contributed by atoms with E-state index in [1.165, 1.54) is 0 Å². The first-order valence-corrected chi connectivity index (χ1v) is 8.17. The van der Waals surface area contributed by atoms with Gasteiger partial charge in [-0.05, 0) is 24.3 Å². The molecule has 4 rings (SSSR count). The number of para-hydroxylation sites is 3. The van der Waals surface area contributed by atoms with Gasteiger partial charge in [-0.15, -0.1) is 0 Å². The molecular weight excluding hydrogens is 314 g/mol. The number of benzene rings is 2. The first kappa shape index (κ1) is 15.4. The van der Waals surface area contributed by atoms with E-state index in [2.05, 4.69) is 14.7 Å². The summed E-state index contributed by atoms with van der Waals surface area (Å²) in [7, 11) is 1.68. The van der Waals surface area contributed by atoms with Crippen LogP contribution in [-0.2, 0) is 0 Å². The number of fused-ring (bicyclic) bond motifs is 3. The lowest BCUT2D eigenvalue weighted by Crippen LogP contribution is -2.15. The van der Waals surface area contributed by atoms with Crippen molar-refractivity contribution in [1.29, 1.82) is 0 Å². The molecular formula is C19H19N5O. The lowest BCUT2D eigenvalue weighted by molar-refractivity contribution is 0.416. The number of nitrogens with zero attached hydrogens (tertiary/aromatic N) is 3. The smallest absolute Gasteiger partial charge is 0.181 e. The Hall–Kier alpha value is -3.12. The normalized spacial score (nSPS) is 11.1. The number of imidazole rings is 1. The fourth-order valence-electron chi connectivity index (χ4n) is 3.04. The lowest BCUT2D eigenvalue weighted by atomic mass is 10.1. The van der Waals surface area contributed by atoms with Crippen molar-refractivity contribution in [3.8, 4) is 17.0 Å². The highest BCUT2D eigenvalue weighted by Gasteiger charge is 2.16. The van der Waals surface area contributed by atoms with Gasteiger partial charge in [0.1, 0.15) is 5.75 Å². The van der Waals surface area contributed by atoms with Crippen LogP contribution in [0.4, 0.5) is 5.82 Å². The van der Waals surface area contributed by atoms with Gasteiger partial charge in [0.05, 0.1) is 30.0 Å². The van der Waals surface area contributed by atoms with Crippen LogP contribution in [0.1, 0.15) is 0 Å². The number of aromatic nitrogens is 3. The van der Waals surface area contributed by atoms with Crippen LogP contribution < -0.4 is 15.8 Å². The highest BCUT2D eigenvalue weighted by Crippen LogP contribution is 2.33. The maximum absolute atomic E-state index is 5.63. The molecule has 0 aliphatic heterocycles. The fourth-order valence-corrected chi connectivity index (χ4v) is 3.04. The fraction of sp³-hybridized carbons (Fsp3) is 0.158. The number of hydrogen-bond donors (Lipinski definition) is 2. The Morgan fingerprint density at radius 3 is 2.76 bits per heavy atom. The third-order valence-electron chi connectivity index (χ3n) is 4.15. The Balaban J connectivity index is 2.05. The van der Waals surface area contributed by atoms with Crippen LogP contribution in [0.25, 0.3) is 27.9 Å². The Kier molecular flexibility index (Phi) is 3.95. The van der Waals surface area contributed by atoms with E-state index >= 15 is 0 Å². The predicted octanol–water partition coefficient (Wildman–Crippen LogP) is 2.93. The summed E-state index contributed by atoms with van der Waals surface area (Å²) in [5.74, 6) is 1.53. The summed E-state index contributed by atoms with van der Waals surface area (Å²) < 4.78 is 7.65. The number of anilines is 1. The molecule has 0 spiro atoms. The number of ether oxygens (including phenoxy) is 1. The molecule has 126 valence electrons. The number of nitrogens with two attached hydrogens (primary N) is 1. The second kappa shape index (κ2) is 6.41. The number of rotatable bonds is 5. The van der Waals surface area contributed by atoms with Crippen LogP contribution in [0.2, 0.25) is 0 Å². The van der Waals surface area contributed by atoms with Crippen molar-refractivity contribution in [1.82, 2.24) is 14.4 Å². The highest BCUT2D eigenvalue weighted by molar-refractivity contribution is 5.86. The Bertz CT molecular complexity index is 1040. The largest absolute Gasteiger partial charge is 0.496 e. The molecule has 0 bridgehead atoms. The molecule has 3 N–H and O–H groups in total. The van der Waals surface area contributed by atoms with Gasteiger partial charge in [-0.3, -0.25) is 4.40 Å². The molecule has 2 aromatic carbocycles. The van der Waals surface area contributed by atoms with E-state index in [0.29, 0.717) is 13.1 Å². The summed E-state index contributed by atoms with van der Waals surface area (Å²) in [6, 6.07) is 16.0. The van der Waals surface area contributed by atoms with Gasteiger partial charge in [0.15, 0.2) is 11.5 Å². The quantitative estimate of drug-likeness (QED) is 0.587. The summed E-state index contributed by atoms with van der Waals surface area (Å²) in [6.45, 7) is 1.17. The van der Waals surface area contributed by atoms with Crippen LogP contribution in [0.3, 0.4) is 0 Å². The van der Waals surface area contributed by atoms with Gasteiger partial charge in [-0.25, -0.2) is 9.97 Å². The highest BCUT2D eigenvalue weighted by atomic mass is 16.5. The Morgan fingerprint density at radius 1 is 1.12 bits per heavy atom. The second-order valence-corrected chi connectivity index (χ2v) is 5.67. The zero-order valence-corrected chi connectivity index (χ0v) is 13.9. The average Bonchev–Trinajstić information content (AvgIpc) is 3.11. The van der Waals surface area contributed by atoms with Crippen LogP contribution in [0.15, 0.2) is 54.7 Å². The molecule has 0 atom stereocenters. The molecule has 2 heterocycles. The molecule has 0 aliphatic rings. The zero-order chi connectivity index (χ0) is 17.2. The van der Waals surface area contributed by atoms with Crippen molar-refractivity contribution in [2.75, 3.05) is 25.5 Å². The molecule has 2 aromatic heterocycles. The molecule has 0 fully saturated rings. The molecule has 0 amide bonds. The van der Waals surface area contributed by atoms with Crippen molar-refractivity contribution in [2.24, 2.45) is 5.73 Å². The molecule has 0 saturated carbocycles. The van der Waals surface area contributed by atoms with E-state index in [-0.39, 0.29) is 0 Å². The van der Waals surface area contributed by atoms with E-state index in [9.17, 15) is 0 Å². The van der Waals surface area contributed by atoms with Gasteiger partial charge in [-0.2, -0.15) is 0 Å². The van der Waals surface area contributed by atoms with Gasteiger partial charge in [0.25, 0.3) is 0 Å². The molecule has 0 radical (unpaired) electrons. The number of hydrogen-bond acceptors (Lipinski definition) is 5. The van der Waals surface area contributed by atoms with E-state index in [0.717, 1.165) is 39.5 Å². The average molecular weight is 333 g/mol. The summed E-state index contributed by atoms with van der Waals surface area (Å²) in [5, 5.41) is 3.27. The first-order valence-electron chi connectivity index (χ1n) is 8.17. The van der Waals surface area contributed by atoms with E-state index in [1.807, 2.05) is 54.7 Å². The molecule has 0 aliphatic carbocycles. The van der Waals surface area contributed by atoms with E-state index in [4.69, 9.17) is 15.5 Å². The van der Waals surface area contributed by atoms with Crippen molar-refractivity contribution < 1.29 is 4.74 Å². The molecule has 6 heteroatoms. The van der Waals surface area contributed by atoms with E-state index in [1.54, 1.807) is 7.11 Å². The summed E-state index contributed by atoms with van der Waals surface area (Å²) in [6.07, 6.45) is 1.86. The van der Waals surface area contributed by atoms with Crippen LogP contribution in [0, 0.1) is 0 Å². The minimum Gasteiger partial charge on any atom is -0.496 e. The Morgan fingerprint density at radius 2 is 1.92 bits per heavy atom. The molecule has 6 nitrogen and oxygen atoms in total. The van der Waals surface area contributed by atoms with Crippen molar-refractivity contribution >= 4 is 22.5 Å². The zero-order valence-electron chi connectivity index (χ0n) is 13.9. The number of methoxy groups -OCH3 is 1. The van der Waals surface area contributed by atoms with Gasteiger partial charge < -0.3 is 15.8 Å². The SMILES string of the molecule is COc1ccccc1-c1cnc2c(NCCN)nc3ccccc3n12. The summed E-state index contributed by atoms with van der Waals surface area (Å²) >= 11 is 0. The van der Waals surface area contributed by atoms with E-state index < -0.39 is 0 Å². The van der Waals surface area contributed by atoms with Crippen molar-refractivity contribution in [3.63, 3.8) is 0 Å². The molecule has 0 saturated heterocycles. The molecule has 4 aromatic rings. The van der Waals surface area contributed by atoms with Crippen molar-refractivity contribution in [2.45, 2.75) is 0 Å². The third-order valence-corrected chi connectivity index (χ3v) is 4.15. The maximum Gasteiger partial charge on any atom is 0.181 e. The standard InChI is InChI=1S/C19H19N5O/c1-25-17-9-5-2-6-13(17)16-12-22-19-18(21-11-10-20)23-14-7-3-4-8-15(14)24(16)19/h2-9,12H,10-11,20H2,1H3,(H,21,23).